The van der Waals surface area contributed by atoms with Gasteiger partial charge in [-0.2, -0.15) is 0 Å². The number of nitrogens with zero attached hydrogens (tertiary/aromatic N) is 2. The number of hydrogen-bond donors (Lipinski definition) is 3. The molecule has 0 aliphatic carbocycles. The van der Waals surface area contributed by atoms with Crippen molar-refractivity contribution in [2.75, 3.05) is 18.0 Å². The Morgan fingerprint density at radius 1 is 1.58 bits per heavy atom. The third kappa shape index (κ3) is 2.71. The Kier molecular flexibility index (Phi) is 3.75. The zero-order chi connectivity index (χ0) is 14.2. The minimum absolute atomic E-state index is 0.0560. The first kappa shape index (κ1) is 13.8. The fourth-order valence-electron chi connectivity index (χ4n) is 2.79. The van der Waals surface area contributed by atoms with Crippen molar-refractivity contribution in [2.24, 2.45) is 11.7 Å². The molecule has 2 atom stereocenters. The summed E-state index contributed by atoms with van der Waals surface area (Å²) in [5.41, 5.74) is 9.11. The molecule has 2 heterocycles. The molecule has 0 saturated carbocycles. The number of nitrogens with two attached hydrogens (primary N) is 1. The topological polar surface area (TPSA) is 86.2 Å². The molecule has 1 aromatic rings. The zero-order valence-electron chi connectivity index (χ0n) is 11.8. The number of aliphatic hydroxyl groups excluding tert-OH is 1. The van der Waals surface area contributed by atoms with Crippen LogP contribution in [-0.2, 0) is 0 Å². The van der Waals surface area contributed by atoms with Crippen LogP contribution in [0, 0.1) is 25.2 Å². The van der Waals surface area contributed by atoms with E-state index in [2.05, 4.69) is 9.88 Å². The number of aryl methyl sites for hydroxylation is 2. The van der Waals surface area contributed by atoms with Gasteiger partial charge in [0.15, 0.2) is 0 Å². The number of anilines is 1. The Morgan fingerprint density at radius 3 is 2.79 bits per heavy atom. The first-order valence-electron chi connectivity index (χ1n) is 6.65. The van der Waals surface area contributed by atoms with Gasteiger partial charge in [0.2, 0.25) is 0 Å². The lowest BCUT2D eigenvalue weighted by molar-refractivity contribution is 0.136. The van der Waals surface area contributed by atoms with Crippen LogP contribution in [0.15, 0.2) is 6.07 Å². The van der Waals surface area contributed by atoms with Crippen molar-refractivity contribution in [1.82, 2.24) is 4.98 Å². The highest BCUT2D eigenvalue weighted by Gasteiger charge is 2.28. The van der Waals surface area contributed by atoms with Gasteiger partial charge in [-0.3, -0.25) is 10.4 Å². The summed E-state index contributed by atoms with van der Waals surface area (Å²) in [6, 6.07) is 1.98. The summed E-state index contributed by atoms with van der Waals surface area (Å²) in [5, 5.41) is 17.4. The summed E-state index contributed by atoms with van der Waals surface area (Å²) in [6.07, 6.45) is 0.671. The number of amidine groups is 1. The summed E-state index contributed by atoms with van der Waals surface area (Å²) in [6.45, 7) is 7.36. The molecule has 0 aromatic carbocycles. The van der Waals surface area contributed by atoms with Crippen LogP contribution >= 0.6 is 0 Å². The number of rotatable bonds is 3. The maximum absolute atomic E-state index is 9.70. The van der Waals surface area contributed by atoms with Gasteiger partial charge in [-0.15, -0.1) is 0 Å². The molecule has 5 heteroatoms. The van der Waals surface area contributed by atoms with Gasteiger partial charge in [0, 0.05) is 24.7 Å². The predicted molar refractivity (Wildman–Crippen MR) is 76.7 cm³/mol. The molecule has 0 radical (unpaired) electrons. The smallest absolute Gasteiger partial charge is 0.126 e. The van der Waals surface area contributed by atoms with Crippen LogP contribution < -0.4 is 10.6 Å². The van der Waals surface area contributed by atoms with Crippen molar-refractivity contribution in [1.29, 1.82) is 5.41 Å². The van der Waals surface area contributed by atoms with E-state index in [1.165, 1.54) is 0 Å². The van der Waals surface area contributed by atoms with E-state index >= 15 is 0 Å². The maximum atomic E-state index is 9.70. The molecule has 1 aliphatic rings. The molecule has 104 valence electrons. The Bertz CT molecular complexity index is 498. The van der Waals surface area contributed by atoms with E-state index in [4.69, 9.17) is 11.1 Å². The fraction of sp³-hybridized carbons (Fsp3) is 0.571. The SMILES string of the molecule is Cc1cc(N2CCC(C(C)O)C2)c(C(=N)N)c(C)n1. The second kappa shape index (κ2) is 5.17. The van der Waals surface area contributed by atoms with Crippen molar-refractivity contribution in [2.45, 2.75) is 33.3 Å². The normalized spacial score (nSPS) is 20.6. The van der Waals surface area contributed by atoms with E-state index in [0.29, 0.717) is 0 Å². The Hall–Kier alpha value is -1.62. The first-order valence-corrected chi connectivity index (χ1v) is 6.65. The largest absolute Gasteiger partial charge is 0.393 e. The highest BCUT2D eigenvalue weighted by atomic mass is 16.3. The molecule has 0 bridgehead atoms. The highest BCUT2D eigenvalue weighted by Crippen LogP contribution is 2.30. The molecule has 19 heavy (non-hydrogen) atoms. The monoisotopic (exact) mass is 262 g/mol. The van der Waals surface area contributed by atoms with Gasteiger partial charge in [-0.1, -0.05) is 0 Å². The summed E-state index contributed by atoms with van der Waals surface area (Å²) in [4.78, 5) is 6.59. The van der Waals surface area contributed by atoms with E-state index in [1.807, 2.05) is 26.8 Å². The molecule has 4 N–H and O–H groups in total. The van der Waals surface area contributed by atoms with Gasteiger partial charge in [-0.05, 0) is 33.3 Å². The van der Waals surface area contributed by atoms with Crippen LogP contribution in [0.5, 0.6) is 0 Å². The minimum atomic E-state index is -0.296. The average molecular weight is 262 g/mol. The van der Waals surface area contributed by atoms with E-state index < -0.39 is 0 Å². The first-order chi connectivity index (χ1) is 8.90. The van der Waals surface area contributed by atoms with Crippen LogP contribution in [0.25, 0.3) is 0 Å². The highest BCUT2D eigenvalue weighted by molar-refractivity contribution is 6.01. The minimum Gasteiger partial charge on any atom is -0.393 e. The lowest BCUT2D eigenvalue weighted by Crippen LogP contribution is -2.27. The van der Waals surface area contributed by atoms with Gasteiger partial charge in [0.1, 0.15) is 5.84 Å². The van der Waals surface area contributed by atoms with E-state index in [9.17, 15) is 5.11 Å². The summed E-state index contributed by atoms with van der Waals surface area (Å²) >= 11 is 0. The van der Waals surface area contributed by atoms with Crippen molar-refractivity contribution >= 4 is 11.5 Å². The van der Waals surface area contributed by atoms with Gasteiger partial charge in [0.05, 0.1) is 23.0 Å². The standard InChI is InChI=1S/C14H22N4O/c1-8-6-12(13(14(15)16)9(2)17-8)18-5-4-11(7-18)10(3)19/h6,10-11,19H,4-5,7H2,1-3H3,(H3,15,16). The third-order valence-corrected chi connectivity index (χ3v) is 3.82. The van der Waals surface area contributed by atoms with Crippen molar-refractivity contribution in [3.05, 3.63) is 23.0 Å². The number of nitrogens with one attached hydrogen (secondary N) is 1. The molecule has 1 aliphatic heterocycles. The Morgan fingerprint density at radius 2 is 2.26 bits per heavy atom. The molecule has 2 rings (SSSR count). The van der Waals surface area contributed by atoms with E-state index in [-0.39, 0.29) is 17.9 Å². The summed E-state index contributed by atoms with van der Waals surface area (Å²) < 4.78 is 0. The lowest BCUT2D eigenvalue weighted by atomic mass is 10.0. The molecular weight excluding hydrogens is 240 g/mol. The third-order valence-electron chi connectivity index (χ3n) is 3.82. The summed E-state index contributed by atoms with van der Waals surface area (Å²) in [5.74, 6) is 0.342. The molecule has 0 amide bonds. The van der Waals surface area contributed by atoms with Crippen molar-refractivity contribution in [3.63, 3.8) is 0 Å². The number of aromatic nitrogens is 1. The van der Waals surface area contributed by atoms with Crippen LogP contribution in [0.3, 0.4) is 0 Å². The molecule has 1 saturated heterocycles. The van der Waals surface area contributed by atoms with Gasteiger partial charge < -0.3 is 15.7 Å². The van der Waals surface area contributed by atoms with Crippen molar-refractivity contribution in [3.8, 4) is 0 Å². The van der Waals surface area contributed by atoms with Crippen LogP contribution in [0.1, 0.15) is 30.3 Å². The zero-order valence-corrected chi connectivity index (χ0v) is 11.8. The molecular formula is C14H22N4O. The van der Waals surface area contributed by atoms with Gasteiger partial charge in [-0.25, -0.2) is 0 Å². The van der Waals surface area contributed by atoms with Gasteiger partial charge in [0.25, 0.3) is 0 Å². The predicted octanol–water partition coefficient (Wildman–Crippen LogP) is 1.19. The van der Waals surface area contributed by atoms with E-state index in [1.54, 1.807) is 0 Å². The second-order valence-electron chi connectivity index (χ2n) is 5.39. The maximum Gasteiger partial charge on any atom is 0.126 e. The number of hydrogen-bond acceptors (Lipinski definition) is 4. The van der Waals surface area contributed by atoms with Crippen molar-refractivity contribution < 1.29 is 5.11 Å². The fourth-order valence-corrected chi connectivity index (χ4v) is 2.79. The average Bonchev–Trinajstić information content (AvgIpc) is 2.76. The molecule has 2 unspecified atom stereocenters. The quantitative estimate of drug-likeness (QED) is 0.564. The second-order valence-corrected chi connectivity index (χ2v) is 5.39. The number of pyridine rings is 1. The lowest BCUT2D eigenvalue weighted by Gasteiger charge is -2.23. The van der Waals surface area contributed by atoms with Crippen LogP contribution in [-0.4, -0.2) is 35.1 Å². The van der Waals surface area contributed by atoms with Gasteiger partial charge >= 0.3 is 0 Å². The summed E-state index contributed by atoms with van der Waals surface area (Å²) in [7, 11) is 0. The molecule has 5 nitrogen and oxygen atoms in total. The van der Waals surface area contributed by atoms with Crippen LogP contribution in [0.2, 0.25) is 0 Å². The Balaban J connectivity index is 2.37. The number of aliphatic hydroxyl groups is 1. The number of nitrogen functional groups attached to an aromatic ring is 1. The van der Waals surface area contributed by atoms with Crippen LogP contribution in [0.4, 0.5) is 5.69 Å². The Labute approximate surface area is 114 Å². The molecule has 1 fully saturated rings. The van der Waals surface area contributed by atoms with E-state index in [0.717, 1.165) is 42.1 Å². The molecule has 0 spiro atoms. The molecule has 1 aromatic heterocycles.